The van der Waals surface area contributed by atoms with Crippen LogP contribution in [-0.4, -0.2) is 47.2 Å². The zero-order valence-electron chi connectivity index (χ0n) is 10.7. The molecule has 2 N–H and O–H groups in total. The Hall–Kier alpha value is -1.83. The predicted octanol–water partition coefficient (Wildman–Crippen LogP) is 1.47. The molecule has 0 radical (unpaired) electrons. The summed E-state index contributed by atoms with van der Waals surface area (Å²) in [5.74, 6) is -4.12. The number of aromatic hydroxyl groups is 1. The van der Waals surface area contributed by atoms with Gasteiger partial charge in [0.1, 0.15) is 0 Å². The monoisotopic (exact) mass is 289 g/mol. The van der Waals surface area contributed by atoms with Crippen LogP contribution in [-0.2, 0) is 4.79 Å². The molecule has 1 aliphatic heterocycles. The smallest absolute Gasteiger partial charge is 0.393 e. The third-order valence-corrected chi connectivity index (χ3v) is 3.29. The van der Waals surface area contributed by atoms with Crippen molar-refractivity contribution >= 4 is 11.7 Å². The van der Waals surface area contributed by atoms with Gasteiger partial charge in [0.2, 0.25) is 5.91 Å². The van der Waals surface area contributed by atoms with Gasteiger partial charge in [-0.3, -0.25) is 4.79 Å². The molecule has 2 rings (SSSR count). The minimum atomic E-state index is -4.43. The van der Waals surface area contributed by atoms with Crippen LogP contribution in [0, 0.1) is 11.8 Å². The van der Waals surface area contributed by atoms with Crippen molar-refractivity contribution in [3.8, 4) is 5.75 Å². The molecule has 0 aromatic carbocycles. The van der Waals surface area contributed by atoms with E-state index in [0.29, 0.717) is 0 Å². The van der Waals surface area contributed by atoms with Crippen LogP contribution in [0.4, 0.5) is 19.0 Å². The third kappa shape index (κ3) is 3.01. The van der Waals surface area contributed by atoms with Gasteiger partial charge in [-0.05, 0) is 19.2 Å². The van der Waals surface area contributed by atoms with E-state index in [2.05, 4.69) is 10.3 Å². The fourth-order valence-corrected chi connectivity index (χ4v) is 2.30. The van der Waals surface area contributed by atoms with Gasteiger partial charge in [0.15, 0.2) is 11.6 Å². The van der Waals surface area contributed by atoms with Crippen molar-refractivity contribution in [2.24, 2.45) is 11.8 Å². The maximum Gasteiger partial charge on any atom is 0.393 e. The van der Waals surface area contributed by atoms with Crippen molar-refractivity contribution in [3.63, 3.8) is 0 Å². The number of hydrogen-bond acceptors (Lipinski definition) is 4. The van der Waals surface area contributed by atoms with Gasteiger partial charge in [-0.1, -0.05) is 0 Å². The average Bonchev–Trinajstić information content (AvgIpc) is 2.74. The van der Waals surface area contributed by atoms with Crippen molar-refractivity contribution in [1.82, 2.24) is 9.88 Å². The molecular formula is C12H14F3N3O2. The first-order valence-electron chi connectivity index (χ1n) is 5.99. The van der Waals surface area contributed by atoms with Crippen LogP contribution in [0.3, 0.4) is 0 Å². The molecule has 1 saturated heterocycles. The largest absolute Gasteiger partial charge is 0.504 e. The van der Waals surface area contributed by atoms with Crippen molar-refractivity contribution < 1.29 is 23.1 Å². The second-order valence-electron chi connectivity index (χ2n) is 4.84. The van der Waals surface area contributed by atoms with E-state index in [4.69, 9.17) is 0 Å². The Morgan fingerprint density at radius 1 is 1.50 bits per heavy atom. The Balaban J connectivity index is 2.14. The van der Waals surface area contributed by atoms with Crippen LogP contribution < -0.4 is 5.32 Å². The van der Waals surface area contributed by atoms with Gasteiger partial charge in [0, 0.05) is 19.3 Å². The molecule has 1 fully saturated rings. The zero-order chi connectivity index (χ0) is 14.9. The molecule has 0 saturated carbocycles. The molecule has 20 heavy (non-hydrogen) atoms. The Labute approximate surface area is 113 Å². The van der Waals surface area contributed by atoms with Gasteiger partial charge in [0.25, 0.3) is 0 Å². The number of carbonyl (C=O) groups is 1. The lowest BCUT2D eigenvalue weighted by Crippen LogP contribution is -2.36. The number of amides is 1. The highest BCUT2D eigenvalue weighted by molar-refractivity contribution is 5.93. The Bertz CT molecular complexity index is 507. The molecule has 110 valence electrons. The molecule has 1 aliphatic rings. The van der Waals surface area contributed by atoms with Crippen LogP contribution >= 0.6 is 0 Å². The highest BCUT2D eigenvalue weighted by atomic mass is 19.4. The zero-order valence-corrected chi connectivity index (χ0v) is 10.7. The summed E-state index contributed by atoms with van der Waals surface area (Å²) in [5, 5.41) is 11.7. The number of halogens is 3. The fourth-order valence-electron chi connectivity index (χ4n) is 2.30. The Morgan fingerprint density at radius 3 is 2.80 bits per heavy atom. The maximum absolute atomic E-state index is 12.9. The Kier molecular flexibility index (Phi) is 3.85. The fraction of sp³-hybridized carbons (Fsp3) is 0.500. The second kappa shape index (κ2) is 5.28. The van der Waals surface area contributed by atoms with E-state index < -0.39 is 23.9 Å². The number of likely N-dealkylation sites (tertiary alicyclic amines) is 1. The number of aromatic nitrogens is 1. The third-order valence-electron chi connectivity index (χ3n) is 3.29. The molecule has 5 nitrogen and oxygen atoms in total. The predicted molar refractivity (Wildman–Crippen MR) is 65.1 cm³/mol. The van der Waals surface area contributed by atoms with Crippen molar-refractivity contribution in [1.29, 1.82) is 0 Å². The minimum absolute atomic E-state index is 0.0175. The first-order chi connectivity index (χ1) is 9.29. The molecule has 1 amide bonds. The summed E-state index contributed by atoms with van der Waals surface area (Å²) in [6.45, 7) is -0.195. The van der Waals surface area contributed by atoms with Gasteiger partial charge in [-0.2, -0.15) is 13.2 Å². The number of hydrogen-bond donors (Lipinski definition) is 2. The van der Waals surface area contributed by atoms with Gasteiger partial charge in [0.05, 0.1) is 11.8 Å². The van der Waals surface area contributed by atoms with Crippen LogP contribution in [0.15, 0.2) is 18.3 Å². The first kappa shape index (κ1) is 14.6. The second-order valence-corrected chi connectivity index (χ2v) is 4.84. The molecule has 0 unspecified atom stereocenters. The normalized spacial score (nSPS) is 23.8. The van der Waals surface area contributed by atoms with Gasteiger partial charge in [-0.25, -0.2) is 4.98 Å². The lowest BCUT2D eigenvalue weighted by atomic mass is 9.94. The average molecular weight is 289 g/mol. The van der Waals surface area contributed by atoms with Gasteiger partial charge >= 0.3 is 6.18 Å². The van der Waals surface area contributed by atoms with Gasteiger partial charge in [-0.15, -0.1) is 0 Å². The van der Waals surface area contributed by atoms with Crippen molar-refractivity contribution in [2.75, 3.05) is 25.5 Å². The molecular weight excluding hydrogens is 275 g/mol. The number of alkyl halides is 3. The van der Waals surface area contributed by atoms with Crippen LogP contribution in [0.1, 0.15) is 0 Å². The van der Waals surface area contributed by atoms with E-state index >= 15 is 0 Å². The van der Waals surface area contributed by atoms with Crippen molar-refractivity contribution in [3.05, 3.63) is 18.3 Å². The number of pyridine rings is 1. The molecule has 8 heteroatoms. The summed E-state index contributed by atoms with van der Waals surface area (Å²) < 4.78 is 38.7. The van der Waals surface area contributed by atoms with Crippen LogP contribution in [0.25, 0.3) is 0 Å². The highest BCUT2D eigenvalue weighted by Crippen LogP contribution is 2.37. The van der Waals surface area contributed by atoms with Crippen LogP contribution in [0.2, 0.25) is 0 Å². The van der Waals surface area contributed by atoms with E-state index in [1.165, 1.54) is 30.3 Å². The van der Waals surface area contributed by atoms with E-state index in [-0.39, 0.29) is 24.7 Å². The number of nitrogens with one attached hydrogen (secondary N) is 1. The summed E-state index contributed by atoms with van der Waals surface area (Å²) in [7, 11) is 1.53. The molecule has 0 bridgehead atoms. The number of rotatable bonds is 2. The summed E-state index contributed by atoms with van der Waals surface area (Å²) in [4.78, 5) is 17.2. The molecule has 0 spiro atoms. The summed E-state index contributed by atoms with van der Waals surface area (Å²) in [5.41, 5.74) is 0. The molecule has 0 aliphatic carbocycles. The van der Waals surface area contributed by atoms with E-state index in [1.807, 2.05) is 0 Å². The SMILES string of the molecule is CN1C[C@@H](C(F)(F)F)[C@H](C(=O)Nc2ncccc2O)C1. The lowest BCUT2D eigenvalue weighted by molar-refractivity contribution is -0.182. The molecule has 2 atom stereocenters. The van der Waals surface area contributed by atoms with Crippen LogP contribution in [0.5, 0.6) is 5.75 Å². The summed E-state index contributed by atoms with van der Waals surface area (Å²) in [6, 6.07) is 2.75. The minimum Gasteiger partial charge on any atom is -0.504 e. The number of carbonyl (C=O) groups excluding carboxylic acids is 1. The lowest BCUT2D eigenvalue weighted by Gasteiger charge is -2.20. The Morgan fingerprint density at radius 2 is 2.20 bits per heavy atom. The maximum atomic E-state index is 12.9. The number of nitrogens with zero attached hydrogens (tertiary/aromatic N) is 2. The number of anilines is 1. The van der Waals surface area contributed by atoms with Crippen molar-refractivity contribution in [2.45, 2.75) is 6.18 Å². The standard InChI is InChI=1S/C12H14F3N3O2/c1-18-5-7(8(6-18)12(13,14)15)11(20)17-10-9(19)3-2-4-16-10/h2-4,7-8,19H,5-6H2,1H3,(H,16,17,20)/t7-,8-/m1/s1. The molecule has 2 heterocycles. The highest BCUT2D eigenvalue weighted by Gasteiger charge is 2.51. The first-order valence-corrected chi connectivity index (χ1v) is 5.99. The quantitative estimate of drug-likeness (QED) is 0.865. The summed E-state index contributed by atoms with van der Waals surface area (Å²) in [6.07, 6.45) is -3.10. The van der Waals surface area contributed by atoms with E-state index in [0.717, 1.165) is 0 Å². The molecule has 1 aromatic heterocycles. The molecule has 1 aromatic rings. The van der Waals surface area contributed by atoms with Gasteiger partial charge < -0.3 is 15.3 Å². The topological polar surface area (TPSA) is 65.5 Å². The summed E-state index contributed by atoms with van der Waals surface area (Å²) >= 11 is 0. The van der Waals surface area contributed by atoms with E-state index in [1.54, 1.807) is 0 Å². The van der Waals surface area contributed by atoms with E-state index in [9.17, 15) is 23.1 Å².